The van der Waals surface area contributed by atoms with Gasteiger partial charge in [-0.3, -0.25) is 0 Å². The molecule has 1 aromatic rings. The molecule has 2 rings (SSSR count). The van der Waals surface area contributed by atoms with E-state index in [1.54, 1.807) is 6.07 Å². The van der Waals surface area contributed by atoms with Gasteiger partial charge in [0.15, 0.2) is 0 Å². The van der Waals surface area contributed by atoms with Crippen LogP contribution in [0.2, 0.25) is 5.15 Å². The fourth-order valence-electron chi connectivity index (χ4n) is 1.85. The summed E-state index contributed by atoms with van der Waals surface area (Å²) in [7, 11) is 0. The second-order valence-corrected chi connectivity index (χ2v) is 4.81. The second kappa shape index (κ2) is 4.55. The SMILES string of the molecule is Cc1nc(Cl)cc(NC2(C)CCOCC2)n1. The highest BCUT2D eigenvalue weighted by molar-refractivity contribution is 6.29. The molecule has 0 unspecified atom stereocenters. The average Bonchev–Trinajstić information content (AvgIpc) is 2.15. The van der Waals surface area contributed by atoms with Crippen LogP contribution in [-0.4, -0.2) is 28.7 Å². The Morgan fingerprint density at radius 3 is 2.69 bits per heavy atom. The molecule has 0 spiro atoms. The molecule has 0 radical (unpaired) electrons. The second-order valence-electron chi connectivity index (χ2n) is 4.42. The van der Waals surface area contributed by atoms with Crippen LogP contribution in [0.5, 0.6) is 0 Å². The Balaban J connectivity index is 2.13. The summed E-state index contributed by atoms with van der Waals surface area (Å²) < 4.78 is 5.35. The van der Waals surface area contributed by atoms with Gasteiger partial charge in [-0.2, -0.15) is 0 Å². The molecule has 16 heavy (non-hydrogen) atoms. The van der Waals surface area contributed by atoms with E-state index < -0.39 is 0 Å². The number of anilines is 1. The zero-order valence-corrected chi connectivity index (χ0v) is 10.3. The molecule has 0 bridgehead atoms. The van der Waals surface area contributed by atoms with Gasteiger partial charge in [-0.1, -0.05) is 11.6 Å². The lowest BCUT2D eigenvalue weighted by Gasteiger charge is -2.34. The minimum Gasteiger partial charge on any atom is -0.381 e. The molecule has 0 amide bonds. The summed E-state index contributed by atoms with van der Waals surface area (Å²) in [6.45, 7) is 5.60. The number of ether oxygens (including phenoxy) is 1. The summed E-state index contributed by atoms with van der Waals surface area (Å²) in [4.78, 5) is 8.37. The van der Waals surface area contributed by atoms with Gasteiger partial charge in [0.1, 0.15) is 16.8 Å². The van der Waals surface area contributed by atoms with Gasteiger partial charge >= 0.3 is 0 Å². The number of nitrogens with one attached hydrogen (secondary N) is 1. The molecular formula is C11H16ClN3O. The van der Waals surface area contributed by atoms with Crippen molar-refractivity contribution < 1.29 is 4.74 Å². The quantitative estimate of drug-likeness (QED) is 0.808. The molecule has 1 aromatic heterocycles. The molecule has 1 saturated heterocycles. The van der Waals surface area contributed by atoms with Crippen molar-refractivity contribution in [2.45, 2.75) is 32.2 Å². The number of halogens is 1. The first-order valence-electron chi connectivity index (χ1n) is 5.45. The van der Waals surface area contributed by atoms with Crippen LogP contribution in [0.4, 0.5) is 5.82 Å². The molecule has 1 fully saturated rings. The number of aromatic nitrogens is 2. The number of rotatable bonds is 2. The van der Waals surface area contributed by atoms with Crippen LogP contribution in [-0.2, 0) is 4.74 Å². The Kier molecular flexibility index (Phi) is 3.30. The van der Waals surface area contributed by atoms with E-state index in [-0.39, 0.29) is 5.54 Å². The van der Waals surface area contributed by atoms with Crippen molar-refractivity contribution in [2.24, 2.45) is 0 Å². The molecule has 5 heteroatoms. The highest BCUT2D eigenvalue weighted by Crippen LogP contribution is 2.25. The largest absolute Gasteiger partial charge is 0.381 e. The van der Waals surface area contributed by atoms with Crippen LogP contribution in [0.3, 0.4) is 0 Å². The Morgan fingerprint density at radius 1 is 1.38 bits per heavy atom. The van der Waals surface area contributed by atoms with Gasteiger partial charge in [0.25, 0.3) is 0 Å². The first-order valence-corrected chi connectivity index (χ1v) is 5.82. The maximum Gasteiger partial charge on any atom is 0.134 e. The summed E-state index contributed by atoms with van der Waals surface area (Å²) in [6, 6.07) is 1.76. The number of aryl methyl sites for hydroxylation is 1. The van der Waals surface area contributed by atoms with Gasteiger partial charge in [0, 0.05) is 24.8 Å². The lowest BCUT2D eigenvalue weighted by Crippen LogP contribution is -2.40. The molecule has 2 heterocycles. The standard InChI is InChI=1S/C11H16ClN3O/c1-8-13-9(12)7-10(14-8)15-11(2)3-5-16-6-4-11/h7H,3-6H2,1-2H3,(H,13,14,15). The zero-order valence-electron chi connectivity index (χ0n) is 9.59. The van der Waals surface area contributed by atoms with Gasteiger partial charge in [0.05, 0.1) is 0 Å². The maximum absolute atomic E-state index is 5.90. The summed E-state index contributed by atoms with van der Waals surface area (Å²) in [5.41, 5.74) is 0.0440. The molecular weight excluding hydrogens is 226 g/mol. The predicted octanol–water partition coefficient (Wildman–Crippen LogP) is 2.42. The van der Waals surface area contributed by atoms with E-state index in [1.807, 2.05) is 6.92 Å². The van der Waals surface area contributed by atoms with E-state index in [2.05, 4.69) is 22.2 Å². The molecule has 88 valence electrons. The van der Waals surface area contributed by atoms with Gasteiger partial charge < -0.3 is 10.1 Å². The summed E-state index contributed by atoms with van der Waals surface area (Å²) in [5.74, 6) is 1.48. The van der Waals surface area contributed by atoms with E-state index >= 15 is 0 Å². The third kappa shape index (κ3) is 2.83. The molecule has 0 aliphatic carbocycles. The highest BCUT2D eigenvalue weighted by atomic mass is 35.5. The van der Waals surface area contributed by atoms with Crippen LogP contribution in [0, 0.1) is 6.92 Å². The van der Waals surface area contributed by atoms with Crippen molar-refractivity contribution in [1.82, 2.24) is 9.97 Å². The molecule has 0 atom stereocenters. The van der Waals surface area contributed by atoms with Crippen LogP contribution < -0.4 is 5.32 Å². The molecule has 0 aromatic carbocycles. The van der Waals surface area contributed by atoms with Gasteiger partial charge in [0.2, 0.25) is 0 Å². The monoisotopic (exact) mass is 241 g/mol. The Labute approximate surface area is 100 Å². The smallest absolute Gasteiger partial charge is 0.134 e. The lowest BCUT2D eigenvalue weighted by atomic mass is 9.92. The Hall–Kier alpha value is -0.870. The van der Waals surface area contributed by atoms with Crippen molar-refractivity contribution in [3.05, 3.63) is 17.0 Å². The van der Waals surface area contributed by atoms with Crippen LogP contribution in [0.15, 0.2) is 6.07 Å². The first-order chi connectivity index (χ1) is 7.57. The van der Waals surface area contributed by atoms with E-state index in [9.17, 15) is 0 Å². The Bertz CT molecular complexity index is 357. The predicted molar refractivity (Wildman–Crippen MR) is 63.9 cm³/mol. The van der Waals surface area contributed by atoms with Crippen molar-refractivity contribution in [2.75, 3.05) is 18.5 Å². The first kappa shape index (κ1) is 11.6. The summed E-state index contributed by atoms with van der Waals surface area (Å²) >= 11 is 5.90. The topological polar surface area (TPSA) is 47.0 Å². The minimum atomic E-state index is 0.0440. The average molecular weight is 242 g/mol. The van der Waals surface area contributed by atoms with Crippen molar-refractivity contribution in [3.63, 3.8) is 0 Å². The van der Waals surface area contributed by atoms with Crippen molar-refractivity contribution in [3.8, 4) is 0 Å². The van der Waals surface area contributed by atoms with Crippen LogP contribution in [0.25, 0.3) is 0 Å². The Morgan fingerprint density at radius 2 is 2.06 bits per heavy atom. The van der Waals surface area contributed by atoms with Crippen LogP contribution in [0.1, 0.15) is 25.6 Å². The molecule has 4 nitrogen and oxygen atoms in total. The fraction of sp³-hybridized carbons (Fsp3) is 0.636. The third-order valence-electron chi connectivity index (χ3n) is 2.83. The number of nitrogens with zero attached hydrogens (tertiary/aromatic N) is 2. The number of hydrogen-bond acceptors (Lipinski definition) is 4. The maximum atomic E-state index is 5.90. The molecule has 1 aliphatic heterocycles. The van der Waals surface area contributed by atoms with Crippen molar-refractivity contribution in [1.29, 1.82) is 0 Å². The van der Waals surface area contributed by atoms with E-state index in [0.717, 1.165) is 31.9 Å². The molecule has 1 N–H and O–H groups in total. The minimum absolute atomic E-state index is 0.0440. The van der Waals surface area contributed by atoms with Gasteiger partial charge in [-0.05, 0) is 26.7 Å². The van der Waals surface area contributed by atoms with Gasteiger partial charge in [-0.15, -0.1) is 0 Å². The third-order valence-corrected chi connectivity index (χ3v) is 3.03. The molecule has 0 saturated carbocycles. The number of hydrogen-bond donors (Lipinski definition) is 1. The normalized spacial score (nSPS) is 19.4. The van der Waals surface area contributed by atoms with Gasteiger partial charge in [-0.25, -0.2) is 9.97 Å². The molecule has 1 aliphatic rings. The van der Waals surface area contributed by atoms with E-state index in [1.165, 1.54) is 0 Å². The fourth-order valence-corrected chi connectivity index (χ4v) is 2.08. The summed E-state index contributed by atoms with van der Waals surface area (Å²) in [5, 5.41) is 3.90. The van der Waals surface area contributed by atoms with E-state index in [0.29, 0.717) is 11.0 Å². The summed E-state index contributed by atoms with van der Waals surface area (Å²) in [6.07, 6.45) is 1.96. The highest BCUT2D eigenvalue weighted by Gasteiger charge is 2.27. The lowest BCUT2D eigenvalue weighted by molar-refractivity contribution is 0.0657. The van der Waals surface area contributed by atoms with Crippen LogP contribution >= 0.6 is 11.6 Å². The van der Waals surface area contributed by atoms with E-state index in [4.69, 9.17) is 16.3 Å². The van der Waals surface area contributed by atoms with Crippen molar-refractivity contribution >= 4 is 17.4 Å². The zero-order chi connectivity index (χ0) is 11.6.